The Balaban J connectivity index is 1.62. The fraction of sp³-hybridized carbons (Fsp3) is 0.269. The van der Waals surface area contributed by atoms with Gasteiger partial charge in [0.05, 0.1) is 16.3 Å². The topological polar surface area (TPSA) is 113 Å². The summed E-state index contributed by atoms with van der Waals surface area (Å²) in [6.07, 6.45) is 0.440. The van der Waals surface area contributed by atoms with Crippen LogP contribution in [0.4, 0.5) is 0 Å². The van der Waals surface area contributed by atoms with Crippen molar-refractivity contribution in [2.75, 3.05) is 26.2 Å². The van der Waals surface area contributed by atoms with Crippen molar-refractivity contribution in [3.05, 3.63) is 95.6 Å². The quantitative estimate of drug-likeness (QED) is 0.350. The van der Waals surface area contributed by atoms with Gasteiger partial charge in [-0.2, -0.15) is 4.31 Å². The van der Waals surface area contributed by atoms with E-state index in [9.17, 15) is 21.6 Å². The van der Waals surface area contributed by atoms with Gasteiger partial charge in [0.2, 0.25) is 26.0 Å². The minimum atomic E-state index is -3.92. The molecule has 0 saturated heterocycles. The number of hydrogen-bond acceptors (Lipinski definition) is 5. The van der Waals surface area contributed by atoms with Crippen LogP contribution >= 0.6 is 0 Å². The standard InChI is InChI=1S/C26H31N3O5S2/c1-21-8-12-24(13-9-21)35(31,32)28-18-17-27-26(30)20-29(19-16-23-6-4-3-5-7-23)36(33,34)25-14-10-22(2)11-15-25/h3-15,28H,16-20H2,1-2H3,(H,27,30). The van der Waals surface area contributed by atoms with Gasteiger partial charge < -0.3 is 5.32 Å². The van der Waals surface area contributed by atoms with Crippen LogP contribution in [0.2, 0.25) is 0 Å². The zero-order valence-electron chi connectivity index (χ0n) is 20.3. The van der Waals surface area contributed by atoms with E-state index >= 15 is 0 Å². The Hall–Kier alpha value is -3.05. The van der Waals surface area contributed by atoms with Crippen LogP contribution in [-0.2, 0) is 31.3 Å². The molecule has 1 amide bonds. The first kappa shape index (κ1) is 27.5. The lowest BCUT2D eigenvalue weighted by molar-refractivity contribution is -0.121. The molecule has 0 bridgehead atoms. The van der Waals surface area contributed by atoms with E-state index < -0.39 is 26.0 Å². The summed E-state index contributed by atoms with van der Waals surface area (Å²) in [4.78, 5) is 12.9. The van der Waals surface area contributed by atoms with Crippen LogP contribution in [0.5, 0.6) is 0 Å². The van der Waals surface area contributed by atoms with Gasteiger partial charge in [-0.15, -0.1) is 0 Å². The van der Waals surface area contributed by atoms with Gasteiger partial charge in [0.25, 0.3) is 0 Å². The molecule has 8 nitrogen and oxygen atoms in total. The SMILES string of the molecule is Cc1ccc(S(=O)(=O)NCCNC(=O)CN(CCc2ccccc2)S(=O)(=O)c2ccc(C)cc2)cc1. The van der Waals surface area contributed by atoms with E-state index in [1.54, 1.807) is 24.3 Å². The highest BCUT2D eigenvalue weighted by Crippen LogP contribution is 2.17. The number of carbonyl (C=O) groups is 1. The van der Waals surface area contributed by atoms with Gasteiger partial charge >= 0.3 is 0 Å². The molecule has 36 heavy (non-hydrogen) atoms. The number of sulfonamides is 2. The maximum Gasteiger partial charge on any atom is 0.243 e. The molecule has 3 aromatic rings. The monoisotopic (exact) mass is 529 g/mol. The second kappa shape index (κ2) is 12.3. The van der Waals surface area contributed by atoms with Gasteiger partial charge in [-0.1, -0.05) is 65.7 Å². The van der Waals surface area contributed by atoms with E-state index in [0.717, 1.165) is 21.0 Å². The maximum atomic E-state index is 13.3. The maximum absolute atomic E-state index is 13.3. The number of rotatable bonds is 12. The highest BCUT2D eigenvalue weighted by atomic mass is 32.2. The molecule has 0 heterocycles. The summed E-state index contributed by atoms with van der Waals surface area (Å²) >= 11 is 0. The Morgan fingerprint density at radius 3 is 1.89 bits per heavy atom. The van der Waals surface area contributed by atoms with E-state index in [1.807, 2.05) is 44.2 Å². The van der Waals surface area contributed by atoms with E-state index in [-0.39, 0.29) is 36.0 Å². The second-order valence-electron chi connectivity index (χ2n) is 8.45. The van der Waals surface area contributed by atoms with Crippen LogP contribution in [0.25, 0.3) is 0 Å². The molecule has 0 aromatic heterocycles. The Kier molecular flexibility index (Phi) is 9.38. The normalized spacial score (nSPS) is 12.0. The van der Waals surface area contributed by atoms with Crippen molar-refractivity contribution < 1.29 is 21.6 Å². The summed E-state index contributed by atoms with van der Waals surface area (Å²) in [6.45, 7) is 3.45. The molecule has 0 unspecified atom stereocenters. The van der Waals surface area contributed by atoms with E-state index in [0.29, 0.717) is 6.42 Å². The largest absolute Gasteiger partial charge is 0.354 e. The molecular weight excluding hydrogens is 498 g/mol. The molecule has 0 fully saturated rings. The van der Waals surface area contributed by atoms with Crippen molar-refractivity contribution in [1.29, 1.82) is 0 Å². The molecule has 0 aliphatic heterocycles. The number of hydrogen-bond donors (Lipinski definition) is 2. The Morgan fingerprint density at radius 2 is 1.31 bits per heavy atom. The van der Waals surface area contributed by atoms with Gasteiger partial charge in [-0.05, 0) is 50.1 Å². The Labute approximate surface area is 213 Å². The third-order valence-corrected chi connectivity index (χ3v) is 8.88. The molecule has 0 saturated carbocycles. The number of amides is 1. The van der Waals surface area contributed by atoms with E-state index in [4.69, 9.17) is 0 Å². The minimum Gasteiger partial charge on any atom is -0.354 e. The number of nitrogens with one attached hydrogen (secondary N) is 2. The van der Waals surface area contributed by atoms with Gasteiger partial charge in [0.1, 0.15) is 0 Å². The number of aryl methyl sites for hydroxylation is 2. The fourth-order valence-corrected chi connectivity index (χ4v) is 5.88. The van der Waals surface area contributed by atoms with Crippen molar-refractivity contribution in [3.63, 3.8) is 0 Å². The summed E-state index contributed by atoms with van der Waals surface area (Å²) in [5.74, 6) is -0.520. The molecule has 0 aliphatic rings. The van der Waals surface area contributed by atoms with Crippen molar-refractivity contribution >= 4 is 26.0 Å². The molecule has 3 rings (SSSR count). The zero-order valence-corrected chi connectivity index (χ0v) is 22.0. The van der Waals surface area contributed by atoms with Gasteiger partial charge in [-0.3, -0.25) is 4.79 Å². The zero-order chi connectivity index (χ0) is 26.2. The first-order valence-electron chi connectivity index (χ1n) is 11.5. The highest BCUT2D eigenvalue weighted by Gasteiger charge is 2.26. The molecule has 3 aromatic carbocycles. The van der Waals surface area contributed by atoms with Crippen LogP contribution in [0.1, 0.15) is 16.7 Å². The first-order valence-corrected chi connectivity index (χ1v) is 14.4. The average molecular weight is 530 g/mol. The molecule has 0 spiro atoms. The van der Waals surface area contributed by atoms with Gasteiger partial charge in [-0.25, -0.2) is 21.6 Å². The van der Waals surface area contributed by atoms with Crippen LogP contribution in [0, 0.1) is 13.8 Å². The third kappa shape index (κ3) is 7.72. The summed E-state index contributed by atoms with van der Waals surface area (Å²) in [5, 5.41) is 2.61. The molecule has 192 valence electrons. The van der Waals surface area contributed by atoms with Crippen LogP contribution in [-0.4, -0.2) is 53.2 Å². The number of benzene rings is 3. The van der Waals surface area contributed by atoms with Crippen molar-refractivity contribution in [2.24, 2.45) is 0 Å². The molecule has 10 heteroatoms. The average Bonchev–Trinajstić information content (AvgIpc) is 2.85. The third-order valence-electron chi connectivity index (χ3n) is 5.54. The van der Waals surface area contributed by atoms with Gasteiger partial charge in [0, 0.05) is 19.6 Å². The molecule has 0 atom stereocenters. The summed E-state index contributed by atoms with van der Waals surface area (Å²) in [6, 6.07) is 22.3. The minimum absolute atomic E-state index is 0.0149. The van der Waals surface area contributed by atoms with Crippen molar-refractivity contribution in [3.8, 4) is 0 Å². The highest BCUT2D eigenvalue weighted by molar-refractivity contribution is 7.89. The summed E-state index contributed by atoms with van der Waals surface area (Å²) < 4.78 is 55.0. The van der Waals surface area contributed by atoms with Crippen LogP contribution in [0.15, 0.2) is 88.7 Å². The van der Waals surface area contributed by atoms with Crippen LogP contribution in [0.3, 0.4) is 0 Å². The number of carbonyl (C=O) groups excluding carboxylic acids is 1. The molecule has 2 N–H and O–H groups in total. The lowest BCUT2D eigenvalue weighted by Gasteiger charge is -2.22. The lowest BCUT2D eigenvalue weighted by atomic mass is 10.1. The van der Waals surface area contributed by atoms with E-state index in [1.165, 1.54) is 24.3 Å². The molecular formula is C26H31N3O5S2. The van der Waals surface area contributed by atoms with Crippen LogP contribution < -0.4 is 10.0 Å². The van der Waals surface area contributed by atoms with E-state index in [2.05, 4.69) is 10.0 Å². The molecule has 0 aliphatic carbocycles. The smallest absolute Gasteiger partial charge is 0.243 e. The first-order chi connectivity index (χ1) is 17.1. The number of nitrogens with zero attached hydrogens (tertiary/aromatic N) is 1. The predicted octanol–water partition coefficient (Wildman–Crippen LogP) is 2.63. The summed E-state index contributed by atoms with van der Waals surface area (Å²) in [7, 11) is -7.62. The van der Waals surface area contributed by atoms with Crippen molar-refractivity contribution in [2.45, 2.75) is 30.1 Å². The lowest BCUT2D eigenvalue weighted by Crippen LogP contribution is -2.43. The second-order valence-corrected chi connectivity index (χ2v) is 12.2. The predicted molar refractivity (Wildman–Crippen MR) is 139 cm³/mol. The summed E-state index contributed by atoms with van der Waals surface area (Å²) in [5.41, 5.74) is 2.82. The fourth-order valence-electron chi connectivity index (χ4n) is 3.45. The Morgan fingerprint density at radius 1 is 0.750 bits per heavy atom. The van der Waals surface area contributed by atoms with Crippen molar-refractivity contribution in [1.82, 2.24) is 14.3 Å². The Bertz CT molecular complexity index is 1360. The van der Waals surface area contributed by atoms with Gasteiger partial charge in [0.15, 0.2) is 0 Å². The molecule has 0 radical (unpaired) electrons.